The summed E-state index contributed by atoms with van der Waals surface area (Å²) in [5, 5.41) is 11.9. The zero-order chi connectivity index (χ0) is 15.3. The second-order valence-corrected chi connectivity index (χ2v) is 4.63. The van der Waals surface area contributed by atoms with Crippen molar-refractivity contribution in [3.05, 3.63) is 29.3 Å². The van der Waals surface area contributed by atoms with Crippen LogP contribution in [0.1, 0.15) is 42.6 Å². The van der Waals surface area contributed by atoms with E-state index in [0.717, 1.165) is 25.0 Å². The molecule has 1 aromatic carbocycles. The molecule has 0 saturated carbocycles. The van der Waals surface area contributed by atoms with E-state index in [1.54, 1.807) is 0 Å². The van der Waals surface area contributed by atoms with E-state index in [-0.39, 0.29) is 0 Å². The van der Waals surface area contributed by atoms with Gasteiger partial charge in [-0.2, -0.15) is 13.2 Å². The summed E-state index contributed by atoms with van der Waals surface area (Å²) in [6.07, 6.45) is -2.76. The van der Waals surface area contributed by atoms with Crippen LogP contribution in [-0.4, -0.2) is 17.6 Å². The first-order valence-corrected chi connectivity index (χ1v) is 6.48. The SMILES string of the molecule is CCC(CC)CNc1ccc(C(F)(F)F)c(C(=O)O)c1. The van der Waals surface area contributed by atoms with E-state index >= 15 is 0 Å². The summed E-state index contributed by atoms with van der Waals surface area (Å²) >= 11 is 0. The van der Waals surface area contributed by atoms with Crippen molar-refractivity contribution in [2.45, 2.75) is 32.9 Å². The Morgan fingerprint density at radius 3 is 2.35 bits per heavy atom. The summed E-state index contributed by atoms with van der Waals surface area (Å²) in [6.45, 7) is 4.67. The molecule has 0 aromatic heterocycles. The highest BCUT2D eigenvalue weighted by Gasteiger charge is 2.35. The molecule has 3 nitrogen and oxygen atoms in total. The van der Waals surface area contributed by atoms with Gasteiger partial charge in [0.25, 0.3) is 0 Å². The quantitative estimate of drug-likeness (QED) is 0.823. The molecule has 0 aliphatic heterocycles. The smallest absolute Gasteiger partial charge is 0.417 e. The third-order valence-corrected chi connectivity index (χ3v) is 3.30. The van der Waals surface area contributed by atoms with E-state index in [1.165, 1.54) is 6.07 Å². The molecule has 1 rings (SSSR count). The molecule has 0 heterocycles. The van der Waals surface area contributed by atoms with Crippen molar-refractivity contribution in [1.82, 2.24) is 0 Å². The number of carboxylic acid groups (broad SMARTS) is 1. The molecule has 0 aliphatic rings. The lowest BCUT2D eigenvalue weighted by atomic mass is 10.0. The first kappa shape index (κ1) is 16.3. The Balaban J connectivity index is 2.97. The van der Waals surface area contributed by atoms with Gasteiger partial charge in [-0.1, -0.05) is 26.7 Å². The lowest BCUT2D eigenvalue weighted by Crippen LogP contribution is -2.16. The summed E-state index contributed by atoms with van der Waals surface area (Å²) in [6, 6.07) is 3.10. The third kappa shape index (κ3) is 4.15. The van der Waals surface area contributed by atoms with Gasteiger partial charge in [0.1, 0.15) is 0 Å². The van der Waals surface area contributed by atoms with Crippen LogP contribution in [0.2, 0.25) is 0 Å². The number of carboxylic acids is 1. The van der Waals surface area contributed by atoms with E-state index in [1.807, 2.05) is 13.8 Å². The van der Waals surface area contributed by atoms with Gasteiger partial charge in [-0.05, 0) is 24.1 Å². The zero-order valence-electron chi connectivity index (χ0n) is 11.4. The molecule has 0 atom stereocenters. The van der Waals surface area contributed by atoms with Crippen LogP contribution in [0.25, 0.3) is 0 Å². The Kier molecular flexibility index (Phi) is 5.42. The topological polar surface area (TPSA) is 49.3 Å². The van der Waals surface area contributed by atoms with E-state index in [4.69, 9.17) is 5.11 Å². The number of alkyl halides is 3. The van der Waals surface area contributed by atoms with Crippen LogP contribution < -0.4 is 5.32 Å². The number of nitrogens with one attached hydrogen (secondary N) is 1. The minimum absolute atomic E-state index is 0.391. The van der Waals surface area contributed by atoms with Gasteiger partial charge in [-0.25, -0.2) is 4.79 Å². The minimum atomic E-state index is -4.67. The maximum Gasteiger partial charge on any atom is 0.417 e. The fourth-order valence-electron chi connectivity index (χ4n) is 1.92. The van der Waals surface area contributed by atoms with E-state index in [2.05, 4.69) is 5.32 Å². The summed E-state index contributed by atoms with van der Waals surface area (Å²) in [5.74, 6) is -1.17. The lowest BCUT2D eigenvalue weighted by molar-refractivity contribution is -0.138. The van der Waals surface area contributed by atoms with E-state index in [9.17, 15) is 18.0 Å². The second-order valence-electron chi connectivity index (χ2n) is 4.63. The lowest BCUT2D eigenvalue weighted by Gasteiger charge is -2.16. The number of carbonyl (C=O) groups is 1. The summed E-state index contributed by atoms with van der Waals surface area (Å²) in [4.78, 5) is 10.9. The highest BCUT2D eigenvalue weighted by Crippen LogP contribution is 2.33. The van der Waals surface area contributed by atoms with Crippen molar-refractivity contribution in [2.24, 2.45) is 5.92 Å². The molecule has 20 heavy (non-hydrogen) atoms. The Morgan fingerprint density at radius 2 is 1.90 bits per heavy atom. The van der Waals surface area contributed by atoms with Crippen LogP contribution in [0.4, 0.5) is 18.9 Å². The fraction of sp³-hybridized carbons (Fsp3) is 0.500. The molecule has 0 spiro atoms. The first-order valence-electron chi connectivity index (χ1n) is 6.48. The summed E-state index contributed by atoms with van der Waals surface area (Å²) in [5.41, 5.74) is -1.47. The van der Waals surface area contributed by atoms with E-state index < -0.39 is 23.3 Å². The zero-order valence-corrected chi connectivity index (χ0v) is 11.4. The molecular formula is C14H18F3NO2. The number of hydrogen-bond donors (Lipinski definition) is 2. The van der Waals surface area contributed by atoms with Crippen molar-refractivity contribution in [3.8, 4) is 0 Å². The van der Waals surface area contributed by atoms with Gasteiger partial charge in [-0.15, -0.1) is 0 Å². The van der Waals surface area contributed by atoms with Crippen molar-refractivity contribution >= 4 is 11.7 Å². The van der Waals surface area contributed by atoms with E-state index in [0.29, 0.717) is 18.2 Å². The predicted octanol–water partition coefficient (Wildman–Crippen LogP) is 4.25. The van der Waals surface area contributed by atoms with Crippen LogP contribution in [0, 0.1) is 5.92 Å². The van der Waals surface area contributed by atoms with Gasteiger partial charge in [0.05, 0.1) is 11.1 Å². The van der Waals surface area contributed by atoms with Crippen molar-refractivity contribution < 1.29 is 23.1 Å². The standard InChI is InChI=1S/C14H18F3NO2/c1-3-9(4-2)8-18-10-5-6-12(14(15,16)17)11(7-10)13(19)20/h5-7,9,18H,3-4,8H2,1-2H3,(H,19,20). The maximum atomic E-state index is 12.7. The van der Waals surface area contributed by atoms with Crippen molar-refractivity contribution in [3.63, 3.8) is 0 Å². The largest absolute Gasteiger partial charge is 0.478 e. The molecule has 0 radical (unpaired) electrons. The van der Waals surface area contributed by atoms with Gasteiger partial charge in [-0.3, -0.25) is 0 Å². The Bertz CT molecular complexity index is 468. The van der Waals surface area contributed by atoms with Crippen LogP contribution >= 0.6 is 0 Å². The maximum absolute atomic E-state index is 12.7. The summed E-state index contributed by atoms with van der Waals surface area (Å²) < 4.78 is 38.0. The number of hydrogen-bond acceptors (Lipinski definition) is 2. The molecule has 2 N–H and O–H groups in total. The first-order chi connectivity index (χ1) is 9.29. The Labute approximate surface area is 115 Å². The minimum Gasteiger partial charge on any atom is -0.478 e. The van der Waals surface area contributed by atoms with Gasteiger partial charge >= 0.3 is 12.1 Å². The average molecular weight is 289 g/mol. The average Bonchev–Trinajstić information content (AvgIpc) is 2.38. The fourth-order valence-corrected chi connectivity index (χ4v) is 1.92. The second kappa shape index (κ2) is 6.63. The normalized spacial score (nSPS) is 11.7. The number of benzene rings is 1. The predicted molar refractivity (Wildman–Crippen MR) is 71.0 cm³/mol. The number of anilines is 1. The van der Waals surface area contributed by atoms with Gasteiger partial charge < -0.3 is 10.4 Å². The molecule has 0 amide bonds. The van der Waals surface area contributed by atoms with Gasteiger partial charge in [0.15, 0.2) is 0 Å². The molecule has 0 fully saturated rings. The molecule has 0 unspecified atom stereocenters. The number of halogens is 3. The highest BCUT2D eigenvalue weighted by molar-refractivity contribution is 5.91. The molecule has 0 saturated heterocycles. The van der Waals surface area contributed by atoms with Crippen LogP contribution in [0.15, 0.2) is 18.2 Å². The molecule has 112 valence electrons. The van der Waals surface area contributed by atoms with Crippen LogP contribution in [0.5, 0.6) is 0 Å². The Morgan fingerprint density at radius 1 is 1.30 bits per heavy atom. The highest BCUT2D eigenvalue weighted by atomic mass is 19.4. The number of rotatable bonds is 6. The van der Waals surface area contributed by atoms with Gasteiger partial charge in [0, 0.05) is 12.2 Å². The Hall–Kier alpha value is -1.72. The van der Waals surface area contributed by atoms with Crippen LogP contribution in [0.3, 0.4) is 0 Å². The monoisotopic (exact) mass is 289 g/mol. The molecule has 0 aliphatic carbocycles. The van der Waals surface area contributed by atoms with Crippen LogP contribution in [-0.2, 0) is 6.18 Å². The third-order valence-electron chi connectivity index (χ3n) is 3.30. The molecule has 6 heteroatoms. The van der Waals surface area contributed by atoms with Crippen molar-refractivity contribution in [2.75, 3.05) is 11.9 Å². The molecular weight excluding hydrogens is 271 g/mol. The van der Waals surface area contributed by atoms with Gasteiger partial charge in [0.2, 0.25) is 0 Å². The van der Waals surface area contributed by atoms with Crippen molar-refractivity contribution in [1.29, 1.82) is 0 Å². The molecule has 0 bridgehead atoms. The summed E-state index contributed by atoms with van der Waals surface area (Å²) in [7, 11) is 0. The molecule has 1 aromatic rings. The number of aromatic carboxylic acids is 1.